The van der Waals surface area contributed by atoms with Crippen LogP contribution in [0, 0.1) is 11.8 Å². The van der Waals surface area contributed by atoms with Crippen molar-refractivity contribution in [2.45, 2.75) is 25.8 Å². The lowest BCUT2D eigenvalue weighted by Gasteiger charge is -2.19. The molecule has 1 aromatic rings. The molecule has 1 amide bonds. The quantitative estimate of drug-likeness (QED) is 0.898. The van der Waals surface area contributed by atoms with Gasteiger partial charge in [0, 0.05) is 19.1 Å². The van der Waals surface area contributed by atoms with E-state index in [1.165, 1.54) is 0 Å². The van der Waals surface area contributed by atoms with Gasteiger partial charge >= 0.3 is 0 Å². The number of hydrogen-bond acceptors (Lipinski definition) is 4. The summed E-state index contributed by atoms with van der Waals surface area (Å²) in [6.07, 6.45) is 2.24. The molecule has 5 heteroatoms. The fourth-order valence-electron chi connectivity index (χ4n) is 3.59. The smallest absolute Gasteiger partial charge is 0.260 e. The molecule has 1 saturated carbocycles. The fraction of sp³-hybridized carbons (Fsp3) is 0.588. The highest BCUT2D eigenvalue weighted by Crippen LogP contribution is 2.37. The molecule has 1 aromatic carbocycles. The Morgan fingerprint density at radius 1 is 1.23 bits per heavy atom. The summed E-state index contributed by atoms with van der Waals surface area (Å²) in [7, 11) is 0. The molecule has 2 aliphatic rings. The fourth-order valence-corrected chi connectivity index (χ4v) is 3.59. The number of para-hydroxylation sites is 2. The van der Waals surface area contributed by atoms with Gasteiger partial charge in [-0.15, -0.1) is 0 Å². The monoisotopic (exact) mass is 304 g/mol. The van der Waals surface area contributed by atoms with Crippen LogP contribution < -0.4 is 15.2 Å². The summed E-state index contributed by atoms with van der Waals surface area (Å²) >= 11 is 0. The van der Waals surface area contributed by atoms with Crippen molar-refractivity contribution in [3.05, 3.63) is 24.3 Å². The molecule has 5 nitrogen and oxygen atoms in total. The minimum Gasteiger partial charge on any atom is -0.490 e. The minimum absolute atomic E-state index is 0.0351. The summed E-state index contributed by atoms with van der Waals surface area (Å²) in [4.78, 5) is 14.2. The van der Waals surface area contributed by atoms with Gasteiger partial charge in [0.25, 0.3) is 5.91 Å². The number of nitrogens with two attached hydrogens (primary N) is 1. The van der Waals surface area contributed by atoms with E-state index in [1.807, 2.05) is 36.1 Å². The predicted molar refractivity (Wildman–Crippen MR) is 83.9 cm³/mol. The molecule has 3 unspecified atom stereocenters. The van der Waals surface area contributed by atoms with E-state index in [2.05, 4.69) is 0 Å². The molecule has 1 heterocycles. The van der Waals surface area contributed by atoms with Crippen molar-refractivity contribution in [1.82, 2.24) is 4.90 Å². The Hall–Kier alpha value is -1.75. The van der Waals surface area contributed by atoms with Gasteiger partial charge in [-0.3, -0.25) is 4.79 Å². The number of ether oxygens (including phenoxy) is 2. The van der Waals surface area contributed by atoms with Gasteiger partial charge in [-0.25, -0.2) is 0 Å². The van der Waals surface area contributed by atoms with Gasteiger partial charge in [0.05, 0.1) is 6.61 Å². The lowest BCUT2D eigenvalue weighted by Crippen LogP contribution is -2.36. The molecule has 0 aromatic heterocycles. The first-order valence-electron chi connectivity index (χ1n) is 8.07. The van der Waals surface area contributed by atoms with Crippen LogP contribution in [-0.4, -0.2) is 43.2 Å². The first-order chi connectivity index (χ1) is 10.7. The second kappa shape index (κ2) is 6.57. The second-order valence-electron chi connectivity index (χ2n) is 6.13. The Labute approximate surface area is 131 Å². The highest BCUT2D eigenvalue weighted by atomic mass is 16.5. The number of carbonyl (C=O) groups excluding carboxylic acids is 1. The number of nitrogens with zero attached hydrogens (tertiary/aromatic N) is 1. The van der Waals surface area contributed by atoms with Crippen LogP contribution in [0.1, 0.15) is 19.8 Å². The number of fused-ring (bicyclic) bond motifs is 1. The lowest BCUT2D eigenvalue weighted by atomic mass is 9.98. The molecule has 1 aliphatic carbocycles. The third kappa shape index (κ3) is 3.04. The molecule has 22 heavy (non-hydrogen) atoms. The lowest BCUT2D eigenvalue weighted by molar-refractivity contribution is -0.132. The van der Waals surface area contributed by atoms with E-state index in [-0.39, 0.29) is 18.6 Å². The van der Waals surface area contributed by atoms with E-state index in [0.717, 1.165) is 25.9 Å². The molecule has 0 spiro atoms. The minimum atomic E-state index is 0.0351. The SMILES string of the molecule is CCOc1ccccc1OCC(=O)N1CC2CCC(N)C2C1. The standard InChI is InChI=1S/C17H24N2O3/c1-2-21-15-5-3-4-6-16(15)22-11-17(20)19-9-12-7-8-14(18)13(12)10-19/h3-6,12-14H,2,7-11,18H2,1H3. The van der Waals surface area contributed by atoms with Crippen LogP contribution in [0.25, 0.3) is 0 Å². The van der Waals surface area contributed by atoms with Crippen molar-refractivity contribution in [3.8, 4) is 11.5 Å². The molecular formula is C17H24N2O3. The van der Waals surface area contributed by atoms with Gasteiger partial charge in [0.2, 0.25) is 0 Å². The van der Waals surface area contributed by atoms with Crippen molar-refractivity contribution < 1.29 is 14.3 Å². The number of hydrogen-bond donors (Lipinski definition) is 1. The Morgan fingerprint density at radius 3 is 2.64 bits per heavy atom. The van der Waals surface area contributed by atoms with Crippen LogP contribution in [0.15, 0.2) is 24.3 Å². The predicted octanol–water partition coefficient (Wildman–Crippen LogP) is 1.66. The van der Waals surface area contributed by atoms with Gasteiger partial charge in [-0.2, -0.15) is 0 Å². The van der Waals surface area contributed by atoms with E-state index in [9.17, 15) is 4.79 Å². The highest BCUT2D eigenvalue weighted by molar-refractivity contribution is 5.78. The zero-order valence-electron chi connectivity index (χ0n) is 13.0. The Bertz CT molecular complexity index is 534. The Kier molecular flexibility index (Phi) is 4.52. The summed E-state index contributed by atoms with van der Waals surface area (Å²) in [5.41, 5.74) is 6.11. The van der Waals surface area contributed by atoms with Crippen molar-refractivity contribution in [1.29, 1.82) is 0 Å². The van der Waals surface area contributed by atoms with Gasteiger partial charge in [0.1, 0.15) is 0 Å². The molecule has 3 atom stereocenters. The van der Waals surface area contributed by atoms with Gasteiger partial charge in [-0.05, 0) is 43.7 Å². The maximum absolute atomic E-state index is 12.3. The van der Waals surface area contributed by atoms with Crippen LogP contribution in [0.4, 0.5) is 0 Å². The first-order valence-corrected chi connectivity index (χ1v) is 8.07. The van der Waals surface area contributed by atoms with E-state index < -0.39 is 0 Å². The summed E-state index contributed by atoms with van der Waals surface area (Å²) in [5, 5.41) is 0. The molecule has 1 aliphatic heterocycles. The van der Waals surface area contributed by atoms with E-state index in [1.54, 1.807) is 0 Å². The summed E-state index contributed by atoms with van der Waals surface area (Å²) in [5.74, 6) is 2.38. The Balaban J connectivity index is 1.55. The number of rotatable bonds is 5. The van der Waals surface area contributed by atoms with Crippen LogP contribution in [0.3, 0.4) is 0 Å². The van der Waals surface area contributed by atoms with Crippen LogP contribution in [0.5, 0.6) is 11.5 Å². The number of carbonyl (C=O) groups is 1. The molecule has 3 rings (SSSR count). The van der Waals surface area contributed by atoms with E-state index >= 15 is 0 Å². The molecule has 120 valence electrons. The number of likely N-dealkylation sites (tertiary alicyclic amines) is 1. The Morgan fingerprint density at radius 2 is 1.95 bits per heavy atom. The topological polar surface area (TPSA) is 64.8 Å². The van der Waals surface area contributed by atoms with Crippen molar-refractivity contribution in [2.24, 2.45) is 17.6 Å². The van der Waals surface area contributed by atoms with Gasteiger partial charge < -0.3 is 20.1 Å². The highest BCUT2D eigenvalue weighted by Gasteiger charge is 2.42. The summed E-state index contributed by atoms with van der Waals surface area (Å²) in [6, 6.07) is 7.70. The van der Waals surface area contributed by atoms with E-state index in [0.29, 0.717) is 29.9 Å². The molecular weight excluding hydrogens is 280 g/mol. The molecule has 2 N–H and O–H groups in total. The first kappa shape index (κ1) is 15.2. The number of benzene rings is 1. The number of amides is 1. The molecule has 0 bridgehead atoms. The third-order valence-electron chi connectivity index (χ3n) is 4.77. The van der Waals surface area contributed by atoms with Crippen LogP contribution in [-0.2, 0) is 4.79 Å². The normalized spacial score (nSPS) is 26.8. The zero-order valence-corrected chi connectivity index (χ0v) is 13.0. The van der Waals surface area contributed by atoms with Crippen molar-refractivity contribution in [3.63, 3.8) is 0 Å². The second-order valence-corrected chi connectivity index (χ2v) is 6.13. The third-order valence-corrected chi connectivity index (χ3v) is 4.77. The summed E-state index contributed by atoms with van der Waals surface area (Å²) in [6.45, 7) is 4.16. The molecule has 1 saturated heterocycles. The maximum Gasteiger partial charge on any atom is 0.260 e. The molecule has 0 radical (unpaired) electrons. The van der Waals surface area contributed by atoms with Crippen LogP contribution in [0.2, 0.25) is 0 Å². The average molecular weight is 304 g/mol. The summed E-state index contributed by atoms with van der Waals surface area (Å²) < 4.78 is 11.2. The van der Waals surface area contributed by atoms with Crippen molar-refractivity contribution in [2.75, 3.05) is 26.3 Å². The van der Waals surface area contributed by atoms with E-state index in [4.69, 9.17) is 15.2 Å². The van der Waals surface area contributed by atoms with Gasteiger partial charge in [0.15, 0.2) is 18.1 Å². The zero-order chi connectivity index (χ0) is 15.5. The molecule has 2 fully saturated rings. The van der Waals surface area contributed by atoms with Gasteiger partial charge in [-0.1, -0.05) is 12.1 Å². The largest absolute Gasteiger partial charge is 0.490 e. The maximum atomic E-state index is 12.3. The van der Waals surface area contributed by atoms with Crippen LogP contribution >= 0.6 is 0 Å². The van der Waals surface area contributed by atoms with Crippen molar-refractivity contribution >= 4 is 5.91 Å². The average Bonchev–Trinajstić information content (AvgIpc) is 3.09.